The molecule has 1 aliphatic heterocycles. The van der Waals surface area contributed by atoms with E-state index in [1.54, 1.807) is 13.2 Å². The highest BCUT2D eigenvalue weighted by atomic mass is 32.1. The Morgan fingerprint density at radius 2 is 1.74 bits per heavy atom. The Morgan fingerprint density at radius 1 is 1.00 bits per heavy atom. The van der Waals surface area contributed by atoms with Crippen molar-refractivity contribution in [2.75, 3.05) is 38.2 Å². The smallest absolute Gasteiger partial charge is 0.264 e. The number of carbonyl (C=O) groups is 1. The highest BCUT2D eigenvalue weighted by molar-refractivity contribution is 7.21. The topological polar surface area (TPSA) is 65.6 Å². The van der Waals surface area contributed by atoms with E-state index >= 15 is 0 Å². The van der Waals surface area contributed by atoms with Gasteiger partial charge in [-0.3, -0.25) is 9.59 Å². The zero-order chi connectivity index (χ0) is 21.5. The van der Waals surface area contributed by atoms with Crippen LogP contribution in [0, 0.1) is 6.92 Å². The van der Waals surface area contributed by atoms with E-state index in [1.165, 1.54) is 11.3 Å². The molecule has 2 aromatic carbocycles. The lowest BCUT2D eigenvalue weighted by atomic mass is 10.1. The highest BCUT2D eigenvalue weighted by Crippen LogP contribution is 2.31. The van der Waals surface area contributed by atoms with Gasteiger partial charge in [-0.05, 0) is 49.4 Å². The third kappa shape index (κ3) is 3.55. The Balaban J connectivity index is 1.38. The van der Waals surface area contributed by atoms with Gasteiger partial charge in [0.05, 0.1) is 17.4 Å². The van der Waals surface area contributed by atoms with Gasteiger partial charge < -0.3 is 19.5 Å². The summed E-state index contributed by atoms with van der Waals surface area (Å²) < 4.78 is 6.10. The van der Waals surface area contributed by atoms with Gasteiger partial charge >= 0.3 is 0 Å². The van der Waals surface area contributed by atoms with Crippen molar-refractivity contribution in [1.29, 1.82) is 0 Å². The summed E-state index contributed by atoms with van der Waals surface area (Å²) in [5.74, 6) is 0.829. The molecule has 31 heavy (non-hydrogen) atoms. The van der Waals surface area contributed by atoms with Crippen LogP contribution >= 0.6 is 11.3 Å². The van der Waals surface area contributed by atoms with Crippen molar-refractivity contribution in [2.45, 2.75) is 6.92 Å². The van der Waals surface area contributed by atoms with E-state index in [2.05, 4.69) is 16.0 Å². The number of hydrogen-bond donors (Lipinski definition) is 1. The summed E-state index contributed by atoms with van der Waals surface area (Å²) in [6.07, 6.45) is 0. The van der Waals surface area contributed by atoms with Crippen LogP contribution in [0.25, 0.3) is 21.0 Å². The van der Waals surface area contributed by atoms with Gasteiger partial charge in [-0.15, -0.1) is 11.3 Å². The van der Waals surface area contributed by atoms with E-state index in [-0.39, 0.29) is 11.5 Å². The maximum absolute atomic E-state index is 13.2. The Morgan fingerprint density at radius 3 is 2.45 bits per heavy atom. The van der Waals surface area contributed by atoms with Crippen LogP contribution in [0.1, 0.15) is 15.2 Å². The number of thiophene rings is 1. The molecule has 5 rings (SSSR count). The molecular weight excluding hydrogens is 410 g/mol. The number of nitrogens with zero attached hydrogens (tertiary/aromatic N) is 2. The van der Waals surface area contributed by atoms with Crippen molar-refractivity contribution < 1.29 is 9.53 Å². The van der Waals surface area contributed by atoms with Gasteiger partial charge in [0, 0.05) is 47.5 Å². The molecule has 2 aromatic heterocycles. The van der Waals surface area contributed by atoms with Gasteiger partial charge in [-0.2, -0.15) is 0 Å². The number of anilines is 1. The minimum Gasteiger partial charge on any atom is -0.497 e. The monoisotopic (exact) mass is 433 g/mol. The molecule has 0 spiro atoms. The number of methoxy groups -OCH3 is 1. The average Bonchev–Trinajstić information content (AvgIpc) is 3.26. The number of piperazine rings is 1. The molecule has 7 heteroatoms. The molecule has 0 bridgehead atoms. The zero-order valence-corrected chi connectivity index (χ0v) is 18.3. The Labute approximate surface area is 183 Å². The summed E-state index contributed by atoms with van der Waals surface area (Å²) in [4.78, 5) is 33.5. The zero-order valence-electron chi connectivity index (χ0n) is 17.5. The third-order valence-corrected chi connectivity index (χ3v) is 7.02. The number of aromatic nitrogens is 1. The minimum atomic E-state index is -0.147. The Kier molecular flexibility index (Phi) is 4.90. The third-order valence-electron chi connectivity index (χ3n) is 5.86. The fourth-order valence-electron chi connectivity index (χ4n) is 4.13. The Bertz CT molecular complexity index is 1330. The van der Waals surface area contributed by atoms with Gasteiger partial charge in [-0.1, -0.05) is 11.6 Å². The molecule has 4 aromatic rings. The van der Waals surface area contributed by atoms with Crippen LogP contribution in [-0.4, -0.2) is 49.1 Å². The van der Waals surface area contributed by atoms with Crippen LogP contribution in [0.4, 0.5) is 5.69 Å². The van der Waals surface area contributed by atoms with E-state index in [0.29, 0.717) is 23.4 Å². The van der Waals surface area contributed by atoms with Crippen molar-refractivity contribution in [1.82, 2.24) is 9.88 Å². The summed E-state index contributed by atoms with van der Waals surface area (Å²) in [5.41, 5.74) is 2.91. The van der Waals surface area contributed by atoms with Crippen LogP contribution in [-0.2, 0) is 0 Å². The minimum absolute atomic E-state index is 0.00390. The maximum Gasteiger partial charge on any atom is 0.264 e. The van der Waals surface area contributed by atoms with E-state index in [9.17, 15) is 9.59 Å². The fourth-order valence-corrected chi connectivity index (χ4v) is 5.28. The molecule has 0 aliphatic carbocycles. The van der Waals surface area contributed by atoms with E-state index < -0.39 is 0 Å². The molecule has 158 valence electrons. The summed E-state index contributed by atoms with van der Waals surface area (Å²) in [6.45, 7) is 4.86. The van der Waals surface area contributed by atoms with E-state index in [4.69, 9.17) is 4.74 Å². The van der Waals surface area contributed by atoms with Gasteiger partial charge in [0.25, 0.3) is 11.5 Å². The van der Waals surface area contributed by atoms with Gasteiger partial charge in [-0.25, -0.2) is 0 Å². The van der Waals surface area contributed by atoms with E-state index in [1.807, 2.05) is 48.2 Å². The van der Waals surface area contributed by atoms with Gasteiger partial charge in [0.15, 0.2) is 0 Å². The van der Waals surface area contributed by atoms with Crippen molar-refractivity contribution in [2.24, 2.45) is 0 Å². The first-order valence-corrected chi connectivity index (χ1v) is 11.1. The molecular formula is C24H23N3O3S. The van der Waals surface area contributed by atoms with Crippen LogP contribution in [0.5, 0.6) is 5.75 Å². The number of rotatable bonds is 3. The standard InChI is InChI=1S/C24H23N3O3S/c1-15-3-8-20-18(13-15)22-19(23(28)25-20)14-21(31-22)24(29)27-11-9-26(10-12-27)16-4-6-17(30-2)7-5-16/h3-8,13-14H,9-12H2,1-2H3,(H,25,28). The molecule has 1 amide bonds. The fraction of sp³-hybridized carbons (Fsp3) is 0.250. The number of nitrogens with one attached hydrogen (secondary N) is 1. The number of H-pyrrole nitrogens is 1. The van der Waals surface area contributed by atoms with Gasteiger partial charge in [0.2, 0.25) is 0 Å². The lowest BCUT2D eigenvalue weighted by Gasteiger charge is -2.36. The number of carbonyl (C=O) groups excluding carboxylic acids is 1. The summed E-state index contributed by atoms with van der Waals surface area (Å²) in [6, 6.07) is 15.7. The lowest BCUT2D eigenvalue weighted by Crippen LogP contribution is -2.48. The molecule has 0 unspecified atom stereocenters. The Hall–Kier alpha value is -3.32. The number of aryl methyl sites for hydroxylation is 1. The van der Waals surface area contributed by atoms with Crippen molar-refractivity contribution in [3.63, 3.8) is 0 Å². The van der Waals surface area contributed by atoms with Gasteiger partial charge in [0.1, 0.15) is 5.75 Å². The summed E-state index contributed by atoms with van der Waals surface area (Å²) in [7, 11) is 1.66. The second-order valence-electron chi connectivity index (χ2n) is 7.83. The normalized spacial score (nSPS) is 14.4. The molecule has 0 saturated carbocycles. The molecule has 0 radical (unpaired) electrons. The number of ether oxygens (including phenoxy) is 1. The molecule has 1 saturated heterocycles. The molecule has 3 heterocycles. The summed E-state index contributed by atoms with van der Waals surface area (Å²) >= 11 is 1.41. The number of amides is 1. The number of pyridine rings is 1. The predicted molar refractivity (Wildman–Crippen MR) is 126 cm³/mol. The largest absolute Gasteiger partial charge is 0.497 e. The first kappa shape index (κ1) is 19.6. The quantitative estimate of drug-likeness (QED) is 0.530. The molecule has 1 N–H and O–H groups in total. The average molecular weight is 434 g/mol. The number of benzene rings is 2. The molecule has 6 nitrogen and oxygen atoms in total. The SMILES string of the molecule is COc1ccc(N2CCN(C(=O)c3cc4c(=O)[nH]c5ccc(C)cc5c4s3)CC2)cc1. The maximum atomic E-state index is 13.2. The van der Waals surface area contributed by atoms with Crippen LogP contribution in [0.2, 0.25) is 0 Å². The molecule has 1 fully saturated rings. The number of hydrogen-bond acceptors (Lipinski definition) is 5. The number of aromatic amines is 1. The highest BCUT2D eigenvalue weighted by Gasteiger charge is 2.24. The summed E-state index contributed by atoms with van der Waals surface area (Å²) in [5, 5.41) is 1.58. The van der Waals surface area contributed by atoms with E-state index in [0.717, 1.165) is 45.7 Å². The van der Waals surface area contributed by atoms with Crippen LogP contribution in [0.3, 0.4) is 0 Å². The number of fused-ring (bicyclic) bond motifs is 3. The van der Waals surface area contributed by atoms with Crippen molar-refractivity contribution in [3.05, 3.63) is 69.3 Å². The molecule has 1 aliphatic rings. The van der Waals surface area contributed by atoms with Crippen molar-refractivity contribution in [3.8, 4) is 5.75 Å². The second kappa shape index (κ2) is 7.74. The van der Waals surface area contributed by atoms with Crippen LogP contribution < -0.4 is 15.2 Å². The van der Waals surface area contributed by atoms with Crippen LogP contribution in [0.15, 0.2) is 53.3 Å². The first-order chi connectivity index (χ1) is 15.0. The second-order valence-corrected chi connectivity index (χ2v) is 8.89. The lowest BCUT2D eigenvalue weighted by molar-refractivity contribution is 0.0751. The predicted octanol–water partition coefficient (Wildman–Crippen LogP) is 4.02. The molecule has 0 atom stereocenters. The van der Waals surface area contributed by atoms with Crippen molar-refractivity contribution >= 4 is 43.9 Å². The first-order valence-electron chi connectivity index (χ1n) is 10.3.